The quantitative estimate of drug-likeness (QED) is 0.854. The standard InChI is InChI=1S/C14H16F4O2/c15-12-5-3-9(14(16,17)18)8-11(12)13(19)6-4-10-2-1-7-20-10/h3,5,8,10,13,19H,1-2,4,6-7H2. The van der Waals surface area contributed by atoms with Crippen molar-refractivity contribution in [1.29, 1.82) is 0 Å². The maximum atomic E-state index is 13.6. The summed E-state index contributed by atoms with van der Waals surface area (Å²) >= 11 is 0. The van der Waals surface area contributed by atoms with E-state index in [0.29, 0.717) is 25.2 Å². The Bertz CT molecular complexity index is 453. The van der Waals surface area contributed by atoms with Gasteiger partial charge in [-0.15, -0.1) is 0 Å². The highest BCUT2D eigenvalue weighted by atomic mass is 19.4. The summed E-state index contributed by atoms with van der Waals surface area (Å²) in [7, 11) is 0. The Morgan fingerprint density at radius 1 is 1.35 bits per heavy atom. The molecule has 1 heterocycles. The van der Waals surface area contributed by atoms with Crippen molar-refractivity contribution in [1.82, 2.24) is 0 Å². The van der Waals surface area contributed by atoms with Crippen molar-refractivity contribution < 1.29 is 27.4 Å². The zero-order chi connectivity index (χ0) is 14.8. The molecule has 1 N–H and O–H groups in total. The van der Waals surface area contributed by atoms with E-state index < -0.39 is 23.7 Å². The Balaban J connectivity index is 2.05. The minimum atomic E-state index is -4.54. The first kappa shape index (κ1) is 15.3. The van der Waals surface area contributed by atoms with Crippen LogP contribution in [0.4, 0.5) is 17.6 Å². The van der Waals surface area contributed by atoms with Crippen molar-refractivity contribution in [2.24, 2.45) is 0 Å². The average Bonchev–Trinajstić information content (AvgIpc) is 2.88. The topological polar surface area (TPSA) is 29.5 Å². The van der Waals surface area contributed by atoms with Gasteiger partial charge in [-0.2, -0.15) is 13.2 Å². The normalized spacial score (nSPS) is 21.1. The van der Waals surface area contributed by atoms with Gasteiger partial charge in [0.25, 0.3) is 0 Å². The highest BCUT2D eigenvalue weighted by Gasteiger charge is 2.32. The first-order valence-electron chi connectivity index (χ1n) is 6.54. The molecule has 1 saturated heterocycles. The average molecular weight is 292 g/mol. The summed E-state index contributed by atoms with van der Waals surface area (Å²) in [4.78, 5) is 0. The maximum absolute atomic E-state index is 13.6. The molecular weight excluding hydrogens is 276 g/mol. The molecule has 1 aromatic carbocycles. The number of aliphatic hydroxyl groups is 1. The lowest BCUT2D eigenvalue weighted by molar-refractivity contribution is -0.137. The SMILES string of the molecule is OC(CCC1CCCO1)c1cc(C(F)(F)F)ccc1F. The number of rotatable bonds is 4. The van der Waals surface area contributed by atoms with Gasteiger partial charge in [0, 0.05) is 12.2 Å². The fourth-order valence-corrected chi connectivity index (χ4v) is 2.35. The van der Waals surface area contributed by atoms with E-state index in [1.54, 1.807) is 0 Å². The summed E-state index contributed by atoms with van der Waals surface area (Å²) in [6.45, 7) is 0.665. The van der Waals surface area contributed by atoms with Gasteiger partial charge in [-0.25, -0.2) is 4.39 Å². The maximum Gasteiger partial charge on any atom is 0.416 e. The van der Waals surface area contributed by atoms with Crippen molar-refractivity contribution in [3.8, 4) is 0 Å². The summed E-state index contributed by atoms with van der Waals surface area (Å²) in [6, 6.07) is 2.09. The Kier molecular flexibility index (Phi) is 4.65. The number of hydrogen-bond acceptors (Lipinski definition) is 2. The van der Waals surface area contributed by atoms with Crippen LogP contribution in [0, 0.1) is 5.82 Å². The largest absolute Gasteiger partial charge is 0.416 e. The highest BCUT2D eigenvalue weighted by Crippen LogP contribution is 2.33. The lowest BCUT2D eigenvalue weighted by atomic mass is 9.99. The summed E-state index contributed by atoms with van der Waals surface area (Å²) in [5.41, 5.74) is -1.26. The second-order valence-electron chi connectivity index (χ2n) is 4.96. The van der Waals surface area contributed by atoms with Gasteiger partial charge < -0.3 is 9.84 Å². The monoisotopic (exact) mass is 292 g/mol. The Morgan fingerprint density at radius 2 is 2.10 bits per heavy atom. The summed E-state index contributed by atoms with van der Waals surface area (Å²) in [6.07, 6.45) is -3.27. The lowest BCUT2D eigenvalue weighted by Crippen LogP contribution is -2.11. The molecule has 1 aliphatic rings. The third-order valence-electron chi connectivity index (χ3n) is 3.47. The molecular formula is C14H16F4O2. The molecule has 1 fully saturated rings. The number of halogens is 4. The molecule has 6 heteroatoms. The van der Waals surface area contributed by atoms with Gasteiger partial charge in [0.1, 0.15) is 5.82 Å². The lowest BCUT2D eigenvalue weighted by Gasteiger charge is -2.16. The third-order valence-corrected chi connectivity index (χ3v) is 3.47. The molecule has 0 radical (unpaired) electrons. The van der Waals surface area contributed by atoms with E-state index in [4.69, 9.17) is 4.74 Å². The number of benzene rings is 1. The van der Waals surface area contributed by atoms with E-state index in [1.807, 2.05) is 0 Å². The molecule has 2 unspecified atom stereocenters. The van der Waals surface area contributed by atoms with Gasteiger partial charge in [0.2, 0.25) is 0 Å². The number of aliphatic hydroxyl groups excluding tert-OH is 1. The van der Waals surface area contributed by atoms with Crippen molar-refractivity contribution in [2.75, 3.05) is 6.61 Å². The fourth-order valence-electron chi connectivity index (χ4n) is 2.35. The van der Waals surface area contributed by atoms with Crippen molar-refractivity contribution in [2.45, 2.75) is 44.1 Å². The number of alkyl halides is 3. The van der Waals surface area contributed by atoms with Gasteiger partial charge in [-0.1, -0.05) is 0 Å². The van der Waals surface area contributed by atoms with Crippen molar-refractivity contribution in [3.63, 3.8) is 0 Å². The molecule has 112 valence electrons. The first-order valence-corrected chi connectivity index (χ1v) is 6.54. The van der Waals surface area contributed by atoms with E-state index in [0.717, 1.165) is 18.9 Å². The Labute approximate surface area is 114 Å². The van der Waals surface area contributed by atoms with Crippen LogP contribution in [0.3, 0.4) is 0 Å². The van der Waals surface area contributed by atoms with E-state index in [9.17, 15) is 22.7 Å². The minimum Gasteiger partial charge on any atom is -0.388 e. The zero-order valence-corrected chi connectivity index (χ0v) is 10.8. The minimum absolute atomic E-state index is 0.0125. The molecule has 0 aliphatic carbocycles. The van der Waals surface area contributed by atoms with Crippen LogP contribution in [0.5, 0.6) is 0 Å². The molecule has 20 heavy (non-hydrogen) atoms. The Morgan fingerprint density at radius 3 is 2.70 bits per heavy atom. The second-order valence-corrected chi connectivity index (χ2v) is 4.96. The molecule has 2 nitrogen and oxygen atoms in total. The van der Waals surface area contributed by atoms with Crippen LogP contribution in [0.2, 0.25) is 0 Å². The molecule has 1 aromatic rings. The predicted octanol–water partition coefficient (Wildman–Crippen LogP) is 3.84. The smallest absolute Gasteiger partial charge is 0.388 e. The second kappa shape index (κ2) is 6.10. The molecule has 0 spiro atoms. The molecule has 1 aliphatic heterocycles. The van der Waals surface area contributed by atoms with Gasteiger partial charge in [0.15, 0.2) is 0 Å². The number of hydrogen-bond donors (Lipinski definition) is 1. The molecule has 0 aromatic heterocycles. The highest BCUT2D eigenvalue weighted by molar-refractivity contribution is 5.28. The van der Waals surface area contributed by atoms with Crippen LogP contribution in [0.1, 0.15) is 42.9 Å². The van der Waals surface area contributed by atoms with Gasteiger partial charge >= 0.3 is 6.18 Å². The third kappa shape index (κ3) is 3.70. The number of ether oxygens (including phenoxy) is 1. The predicted molar refractivity (Wildman–Crippen MR) is 64.6 cm³/mol. The van der Waals surface area contributed by atoms with E-state index in [2.05, 4.69) is 0 Å². The van der Waals surface area contributed by atoms with Crippen LogP contribution in [-0.4, -0.2) is 17.8 Å². The summed E-state index contributed by atoms with van der Waals surface area (Å²) < 4.78 is 56.6. The molecule has 0 bridgehead atoms. The molecule has 2 atom stereocenters. The van der Waals surface area contributed by atoms with Crippen LogP contribution in [-0.2, 0) is 10.9 Å². The van der Waals surface area contributed by atoms with Crippen LogP contribution in [0.15, 0.2) is 18.2 Å². The first-order chi connectivity index (χ1) is 9.38. The van der Waals surface area contributed by atoms with Crippen molar-refractivity contribution in [3.05, 3.63) is 35.1 Å². The fraction of sp³-hybridized carbons (Fsp3) is 0.571. The van der Waals surface area contributed by atoms with Crippen LogP contribution < -0.4 is 0 Å². The zero-order valence-electron chi connectivity index (χ0n) is 10.8. The van der Waals surface area contributed by atoms with E-state index >= 15 is 0 Å². The summed E-state index contributed by atoms with van der Waals surface area (Å²) in [5, 5.41) is 9.89. The van der Waals surface area contributed by atoms with Gasteiger partial charge in [-0.3, -0.25) is 0 Å². The van der Waals surface area contributed by atoms with Crippen molar-refractivity contribution >= 4 is 0 Å². The molecule has 0 amide bonds. The van der Waals surface area contributed by atoms with Gasteiger partial charge in [-0.05, 0) is 43.9 Å². The summed E-state index contributed by atoms with van der Waals surface area (Å²) in [5.74, 6) is -0.821. The van der Waals surface area contributed by atoms with Crippen LogP contribution in [0.25, 0.3) is 0 Å². The molecule has 0 saturated carbocycles. The van der Waals surface area contributed by atoms with E-state index in [1.165, 1.54) is 0 Å². The Hall–Kier alpha value is -1.14. The molecule has 2 rings (SSSR count). The van der Waals surface area contributed by atoms with Crippen LogP contribution >= 0.6 is 0 Å². The van der Waals surface area contributed by atoms with E-state index in [-0.39, 0.29) is 18.1 Å². The van der Waals surface area contributed by atoms with Gasteiger partial charge in [0.05, 0.1) is 17.8 Å².